The monoisotopic (exact) mass is 398 g/mol. The van der Waals surface area contributed by atoms with E-state index in [1.54, 1.807) is 11.3 Å². The van der Waals surface area contributed by atoms with Crippen LogP contribution in [0.5, 0.6) is 0 Å². The summed E-state index contributed by atoms with van der Waals surface area (Å²) in [6, 6.07) is 30.0. The number of hydrogen-bond acceptors (Lipinski definition) is 3. The van der Waals surface area contributed by atoms with Gasteiger partial charge in [0.2, 0.25) is 5.91 Å². The van der Waals surface area contributed by atoms with Crippen molar-refractivity contribution in [3.8, 4) is 11.3 Å². The van der Waals surface area contributed by atoms with Gasteiger partial charge in [-0.2, -0.15) is 0 Å². The molecule has 0 atom stereocenters. The van der Waals surface area contributed by atoms with Crippen LogP contribution < -0.4 is 5.32 Å². The highest BCUT2D eigenvalue weighted by Gasteiger charge is 2.22. The maximum atomic E-state index is 13.0. The number of rotatable bonds is 7. The van der Waals surface area contributed by atoms with Crippen LogP contribution in [-0.2, 0) is 11.2 Å². The number of hydrogen-bond donors (Lipinski definition) is 1. The molecule has 0 bridgehead atoms. The Hall–Kier alpha value is -3.24. The summed E-state index contributed by atoms with van der Waals surface area (Å²) in [5.74, 6) is -0.296. The zero-order chi connectivity index (χ0) is 19.9. The Balaban J connectivity index is 1.42. The molecule has 0 fully saturated rings. The lowest BCUT2D eigenvalue weighted by Gasteiger charge is -2.17. The zero-order valence-corrected chi connectivity index (χ0v) is 16.8. The number of thiazole rings is 1. The van der Waals surface area contributed by atoms with Gasteiger partial charge in [-0.15, -0.1) is 11.3 Å². The van der Waals surface area contributed by atoms with E-state index >= 15 is 0 Å². The van der Waals surface area contributed by atoms with Gasteiger partial charge in [-0.1, -0.05) is 91.0 Å². The molecule has 0 aliphatic rings. The first-order valence-electron chi connectivity index (χ1n) is 9.69. The summed E-state index contributed by atoms with van der Waals surface area (Å²) < 4.78 is 0. The summed E-state index contributed by atoms with van der Waals surface area (Å²) >= 11 is 1.63. The standard InChI is InChI=1S/C25H22N2OS/c28-25(24(20-12-6-2-7-13-20)21-14-8-3-9-15-21)26-17-16-23-27-22(18-29-23)19-10-4-1-5-11-19/h1-15,18,24H,16-17H2,(H,26,28). The van der Waals surface area contributed by atoms with E-state index in [9.17, 15) is 4.79 Å². The lowest BCUT2D eigenvalue weighted by Crippen LogP contribution is -2.31. The maximum absolute atomic E-state index is 13.0. The second-order valence-corrected chi connectivity index (χ2v) is 7.73. The smallest absolute Gasteiger partial charge is 0.232 e. The molecule has 3 nitrogen and oxygen atoms in total. The molecule has 0 aliphatic carbocycles. The van der Waals surface area contributed by atoms with Crippen LogP contribution in [0.15, 0.2) is 96.4 Å². The highest BCUT2D eigenvalue weighted by molar-refractivity contribution is 7.09. The van der Waals surface area contributed by atoms with Gasteiger partial charge < -0.3 is 5.32 Å². The van der Waals surface area contributed by atoms with Crippen LogP contribution >= 0.6 is 11.3 Å². The molecule has 0 aliphatic heterocycles. The predicted octanol–water partition coefficient (Wildman–Crippen LogP) is 5.30. The minimum Gasteiger partial charge on any atom is -0.355 e. The van der Waals surface area contributed by atoms with Crippen molar-refractivity contribution in [1.82, 2.24) is 10.3 Å². The fourth-order valence-corrected chi connectivity index (χ4v) is 4.16. The molecule has 1 N–H and O–H groups in total. The topological polar surface area (TPSA) is 42.0 Å². The van der Waals surface area contributed by atoms with Crippen LogP contribution in [0.1, 0.15) is 22.1 Å². The van der Waals surface area contributed by atoms with E-state index < -0.39 is 0 Å². The van der Waals surface area contributed by atoms with E-state index in [4.69, 9.17) is 4.98 Å². The van der Waals surface area contributed by atoms with Crippen LogP contribution in [0.25, 0.3) is 11.3 Å². The minimum atomic E-state index is -0.312. The second-order valence-electron chi connectivity index (χ2n) is 6.79. The van der Waals surface area contributed by atoms with E-state index in [-0.39, 0.29) is 11.8 Å². The van der Waals surface area contributed by atoms with Crippen LogP contribution in [0.2, 0.25) is 0 Å². The van der Waals surface area contributed by atoms with E-state index in [1.807, 2.05) is 78.9 Å². The van der Waals surface area contributed by atoms with Gasteiger partial charge in [-0.3, -0.25) is 4.79 Å². The van der Waals surface area contributed by atoms with Gasteiger partial charge >= 0.3 is 0 Å². The third-order valence-electron chi connectivity index (χ3n) is 4.79. The first-order chi connectivity index (χ1) is 14.3. The van der Waals surface area contributed by atoms with Crippen molar-refractivity contribution in [3.63, 3.8) is 0 Å². The molecule has 4 aromatic rings. The van der Waals surface area contributed by atoms with Gasteiger partial charge in [0, 0.05) is 23.9 Å². The molecular weight excluding hydrogens is 376 g/mol. The highest BCUT2D eigenvalue weighted by atomic mass is 32.1. The lowest BCUT2D eigenvalue weighted by molar-refractivity contribution is -0.121. The molecule has 4 rings (SSSR count). The Bertz CT molecular complexity index is 1010. The Morgan fingerprint density at radius 1 is 0.828 bits per heavy atom. The largest absolute Gasteiger partial charge is 0.355 e. The fraction of sp³-hybridized carbons (Fsp3) is 0.120. The lowest BCUT2D eigenvalue weighted by atomic mass is 9.90. The van der Waals surface area contributed by atoms with Gasteiger partial charge in [0.1, 0.15) is 0 Å². The van der Waals surface area contributed by atoms with Gasteiger partial charge in [0.15, 0.2) is 0 Å². The first-order valence-corrected chi connectivity index (χ1v) is 10.6. The Morgan fingerprint density at radius 2 is 1.38 bits per heavy atom. The number of nitrogens with zero attached hydrogens (tertiary/aromatic N) is 1. The molecule has 0 radical (unpaired) electrons. The zero-order valence-electron chi connectivity index (χ0n) is 16.0. The normalized spacial score (nSPS) is 10.8. The van der Waals surface area contributed by atoms with Crippen LogP contribution in [0.4, 0.5) is 0 Å². The summed E-state index contributed by atoms with van der Waals surface area (Å²) in [6.45, 7) is 0.566. The number of nitrogens with one attached hydrogen (secondary N) is 1. The molecule has 3 aromatic carbocycles. The third kappa shape index (κ3) is 4.79. The van der Waals surface area contributed by atoms with Crippen molar-refractivity contribution in [1.29, 1.82) is 0 Å². The van der Waals surface area contributed by atoms with Crippen LogP contribution in [0.3, 0.4) is 0 Å². The van der Waals surface area contributed by atoms with Gasteiger partial charge in [-0.05, 0) is 11.1 Å². The molecule has 1 aromatic heterocycles. The summed E-state index contributed by atoms with van der Waals surface area (Å²) in [4.78, 5) is 17.7. The van der Waals surface area contributed by atoms with Crippen molar-refractivity contribution in [3.05, 3.63) is 113 Å². The van der Waals surface area contributed by atoms with Gasteiger partial charge in [0.05, 0.1) is 16.6 Å². The molecule has 0 unspecified atom stereocenters. The number of amides is 1. The third-order valence-corrected chi connectivity index (χ3v) is 5.70. The number of carbonyl (C=O) groups is 1. The summed E-state index contributed by atoms with van der Waals surface area (Å²) in [6.07, 6.45) is 0.722. The fourth-order valence-electron chi connectivity index (χ4n) is 3.35. The molecule has 0 saturated carbocycles. The second kappa shape index (κ2) is 9.30. The van der Waals surface area contributed by atoms with Crippen molar-refractivity contribution in [2.45, 2.75) is 12.3 Å². The van der Waals surface area contributed by atoms with Crippen LogP contribution in [0, 0.1) is 0 Å². The summed E-state index contributed by atoms with van der Waals surface area (Å²) in [5, 5.41) is 6.21. The average molecular weight is 399 g/mol. The molecule has 1 amide bonds. The quantitative estimate of drug-likeness (QED) is 0.459. The molecule has 1 heterocycles. The Labute approximate surface area is 175 Å². The minimum absolute atomic E-state index is 0.0160. The van der Waals surface area contributed by atoms with E-state index in [0.29, 0.717) is 6.54 Å². The Kier molecular flexibility index (Phi) is 6.13. The Morgan fingerprint density at radius 3 is 1.97 bits per heavy atom. The molecule has 4 heteroatoms. The van der Waals surface area contributed by atoms with Gasteiger partial charge in [0.25, 0.3) is 0 Å². The summed E-state index contributed by atoms with van der Waals surface area (Å²) in [7, 11) is 0. The first kappa shape index (κ1) is 19.1. The van der Waals surface area contributed by atoms with E-state index in [0.717, 1.165) is 33.8 Å². The highest BCUT2D eigenvalue weighted by Crippen LogP contribution is 2.25. The molecule has 144 valence electrons. The average Bonchev–Trinajstić information content (AvgIpc) is 3.25. The van der Waals surface area contributed by atoms with E-state index in [2.05, 4.69) is 22.8 Å². The molecule has 0 spiro atoms. The molecular formula is C25H22N2OS. The number of carbonyl (C=O) groups excluding carboxylic acids is 1. The molecule has 29 heavy (non-hydrogen) atoms. The number of benzene rings is 3. The van der Waals surface area contributed by atoms with Gasteiger partial charge in [-0.25, -0.2) is 4.98 Å². The predicted molar refractivity (Wildman–Crippen MR) is 119 cm³/mol. The van der Waals surface area contributed by atoms with Crippen molar-refractivity contribution in [2.75, 3.05) is 6.54 Å². The van der Waals surface area contributed by atoms with E-state index in [1.165, 1.54) is 0 Å². The number of aromatic nitrogens is 1. The van der Waals surface area contributed by atoms with Crippen LogP contribution in [-0.4, -0.2) is 17.4 Å². The van der Waals surface area contributed by atoms with Crippen molar-refractivity contribution in [2.24, 2.45) is 0 Å². The van der Waals surface area contributed by atoms with Crippen molar-refractivity contribution >= 4 is 17.2 Å². The maximum Gasteiger partial charge on any atom is 0.232 e. The molecule has 0 saturated heterocycles. The summed E-state index contributed by atoms with van der Waals surface area (Å²) in [5.41, 5.74) is 4.10. The van der Waals surface area contributed by atoms with Crippen molar-refractivity contribution < 1.29 is 4.79 Å². The SMILES string of the molecule is O=C(NCCc1nc(-c2ccccc2)cs1)C(c1ccccc1)c1ccccc1.